The molecule has 0 aromatic carbocycles. The zero-order chi connectivity index (χ0) is 14.1. The SMILES string of the molecule is CNc1ncnc2c1ncn2C1CC(O)C(COC)O1. The highest BCUT2D eigenvalue weighted by molar-refractivity contribution is 5.82. The van der Waals surface area contributed by atoms with Crippen molar-refractivity contribution in [3.63, 3.8) is 0 Å². The van der Waals surface area contributed by atoms with Gasteiger partial charge in [0.25, 0.3) is 0 Å². The van der Waals surface area contributed by atoms with Gasteiger partial charge < -0.3 is 19.9 Å². The van der Waals surface area contributed by atoms with Crippen LogP contribution < -0.4 is 5.32 Å². The molecule has 20 heavy (non-hydrogen) atoms. The summed E-state index contributed by atoms with van der Waals surface area (Å²) in [5.41, 5.74) is 1.36. The molecule has 3 rings (SSSR count). The average Bonchev–Trinajstić information content (AvgIpc) is 3.03. The van der Waals surface area contributed by atoms with Gasteiger partial charge in [-0.3, -0.25) is 4.57 Å². The summed E-state index contributed by atoms with van der Waals surface area (Å²) < 4.78 is 12.7. The molecule has 0 amide bonds. The van der Waals surface area contributed by atoms with Crippen molar-refractivity contribution < 1.29 is 14.6 Å². The fraction of sp³-hybridized carbons (Fsp3) is 0.583. The number of nitrogens with one attached hydrogen (secondary N) is 1. The lowest BCUT2D eigenvalue weighted by molar-refractivity contribution is -0.0523. The molecule has 0 saturated carbocycles. The van der Waals surface area contributed by atoms with Crippen LogP contribution in [-0.2, 0) is 9.47 Å². The van der Waals surface area contributed by atoms with Gasteiger partial charge in [0.05, 0.1) is 19.0 Å². The molecule has 3 heterocycles. The molecule has 1 aliphatic rings. The second-order valence-electron chi connectivity index (χ2n) is 4.68. The third-order valence-electron chi connectivity index (χ3n) is 3.44. The van der Waals surface area contributed by atoms with Crippen molar-refractivity contribution in [1.29, 1.82) is 0 Å². The van der Waals surface area contributed by atoms with Crippen LogP contribution in [0.3, 0.4) is 0 Å². The van der Waals surface area contributed by atoms with Crippen molar-refractivity contribution in [1.82, 2.24) is 19.5 Å². The molecular formula is C12H17N5O3. The number of nitrogens with zero attached hydrogens (tertiary/aromatic N) is 4. The molecule has 108 valence electrons. The van der Waals surface area contributed by atoms with Gasteiger partial charge in [0, 0.05) is 20.6 Å². The fourth-order valence-corrected chi connectivity index (χ4v) is 2.45. The lowest BCUT2D eigenvalue weighted by atomic mass is 10.2. The Balaban J connectivity index is 1.92. The Bertz CT molecular complexity index is 602. The summed E-state index contributed by atoms with van der Waals surface area (Å²) in [4.78, 5) is 12.7. The topological polar surface area (TPSA) is 94.3 Å². The molecule has 8 heteroatoms. The fourth-order valence-electron chi connectivity index (χ4n) is 2.45. The molecule has 1 aliphatic heterocycles. The molecule has 0 radical (unpaired) electrons. The molecule has 2 N–H and O–H groups in total. The first-order valence-electron chi connectivity index (χ1n) is 6.42. The lowest BCUT2D eigenvalue weighted by Crippen LogP contribution is -2.25. The molecule has 0 bridgehead atoms. The zero-order valence-electron chi connectivity index (χ0n) is 11.4. The molecule has 3 atom stereocenters. The Labute approximate surface area is 115 Å². The average molecular weight is 279 g/mol. The Hall–Kier alpha value is -1.77. The highest BCUT2D eigenvalue weighted by Gasteiger charge is 2.35. The highest BCUT2D eigenvalue weighted by atomic mass is 16.6. The van der Waals surface area contributed by atoms with Crippen molar-refractivity contribution in [3.8, 4) is 0 Å². The van der Waals surface area contributed by atoms with Crippen molar-refractivity contribution >= 4 is 17.0 Å². The Morgan fingerprint density at radius 2 is 2.35 bits per heavy atom. The van der Waals surface area contributed by atoms with E-state index in [2.05, 4.69) is 20.3 Å². The van der Waals surface area contributed by atoms with E-state index in [9.17, 15) is 5.11 Å². The quantitative estimate of drug-likeness (QED) is 0.823. The number of aliphatic hydroxyl groups is 1. The summed E-state index contributed by atoms with van der Waals surface area (Å²) in [5, 5.41) is 13.0. The van der Waals surface area contributed by atoms with Gasteiger partial charge in [0.15, 0.2) is 11.5 Å². The second kappa shape index (κ2) is 5.31. The van der Waals surface area contributed by atoms with Crippen LogP contribution in [0.1, 0.15) is 12.6 Å². The molecular weight excluding hydrogens is 262 g/mol. The number of methoxy groups -OCH3 is 1. The van der Waals surface area contributed by atoms with E-state index in [0.29, 0.717) is 30.0 Å². The first kappa shape index (κ1) is 13.2. The molecule has 8 nitrogen and oxygen atoms in total. The number of fused-ring (bicyclic) bond motifs is 1. The van der Waals surface area contributed by atoms with Gasteiger partial charge in [-0.2, -0.15) is 0 Å². The van der Waals surface area contributed by atoms with Gasteiger partial charge in [0.1, 0.15) is 24.2 Å². The first-order valence-corrected chi connectivity index (χ1v) is 6.42. The molecule has 1 fully saturated rings. The van der Waals surface area contributed by atoms with Gasteiger partial charge in [-0.1, -0.05) is 0 Å². The summed E-state index contributed by atoms with van der Waals surface area (Å²) in [6.45, 7) is 0.362. The predicted molar refractivity (Wildman–Crippen MR) is 71.3 cm³/mol. The van der Waals surface area contributed by atoms with Crippen LogP contribution >= 0.6 is 0 Å². The van der Waals surface area contributed by atoms with Crippen molar-refractivity contribution in [2.24, 2.45) is 0 Å². The van der Waals surface area contributed by atoms with Crippen LogP contribution in [0.15, 0.2) is 12.7 Å². The van der Waals surface area contributed by atoms with Gasteiger partial charge >= 0.3 is 0 Å². The Morgan fingerprint density at radius 3 is 3.10 bits per heavy atom. The monoisotopic (exact) mass is 279 g/mol. The van der Waals surface area contributed by atoms with Crippen molar-refractivity contribution in [2.45, 2.75) is 24.9 Å². The standard InChI is InChI=1S/C12H17N5O3/c1-13-11-10-12(15-5-14-11)17(6-16-10)9-3-7(18)8(20-9)4-19-2/h5-9,18H,3-4H2,1-2H3,(H,13,14,15). The number of imidazole rings is 1. The maximum absolute atomic E-state index is 9.98. The number of aliphatic hydroxyl groups excluding tert-OH is 1. The summed E-state index contributed by atoms with van der Waals surface area (Å²) in [5.74, 6) is 0.667. The van der Waals surface area contributed by atoms with Crippen molar-refractivity contribution in [2.75, 3.05) is 26.1 Å². The van der Waals surface area contributed by atoms with Crippen LogP contribution in [0.4, 0.5) is 5.82 Å². The maximum Gasteiger partial charge on any atom is 0.167 e. The Kier molecular flexibility index (Phi) is 3.51. The van der Waals surface area contributed by atoms with Crippen LogP contribution in [-0.4, -0.2) is 57.6 Å². The number of aromatic nitrogens is 4. The minimum Gasteiger partial charge on any atom is -0.390 e. The van der Waals surface area contributed by atoms with Crippen LogP contribution in [0.2, 0.25) is 0 Å². The second-order valence-corrected chi connectivity index (χ2v) is 4.68. The highest BCUT2D eigenvalue weighted by Crippen LogP contribution is 2.31. The summed E-state index contributed by atoms with van der Waals surface area (Å²) in [7, 11) is 3.37. The molecule has 1 saturated heterocycles. The predicted octanol–water partition coefficient (Wildman–Crippen LogP) is 0.163. The van der Waals surface area contributed by atoms with Gasteiger partial charge in [0.2, 0.25) is 0 Å². The summed E-state index contributed by atoms with van der Waals surface area (Å²) in [6.07, 6.45) is 2.45. The van der Waals surface area contributed by atoms with E-state index in [4.69, 9.17) is 9.47 Å². The Morgan fingerprint density at radius 1 is 1.50 bits per heavy atom. The van der Waals surface area contributed by atoms with E-state index in [0.717, 1.165) is 0 Å². The largest absolute Gasteiger partial charge is 0.390 e. The van der Waals surface area contributed by atoms with E-state index in [1.54, 1.807) is 20.5 Å². The number of hydrogen-bond acceptors (Lipinski definition) is 7. The molecule has 0 aliphatic carbocycles. The maximum atomic E-state index is 9.98. The first-order chi connectivity index (χ1) is 9.74. The van der Waals surface area contributed by atoms with Gasteiger partial charge in [-0.15, -0.1) is 0 Å². The van der Waals surface area contributed by atoms with Crippen LogP contribution in [0.5, 0.6) is 0 Å². The molecule has 0 spiro atoms. The minimum absolute atomic E-state index is 0.297. The minimum atomic E-state index is -0.553. The van der Waals surface area contributed by atoms with E-state index >= 15 is 0 Å². The summed E-state index contributed by atoms with van der Waals surface area (Å²) in [6, 6.07) is 0. The molecule has 3 unspecified atom stereocenters. The number of ether oxygens (including phenoxy) is 2. The van der Waals surface area contributed by atoms with E-state index in [-0.39, 0.29) is 12.3 Å². The van der Waals surface area contributed by atoms with E-state index in [1.165, 1.54) is 6.33 Å². The van der Waals surface area contributed by atoms with Crippen LogP contribution in [0.25, 0.3) is 11.2 Å². The third kappa shape index (κ3) is 2.11. The summed E-state index contributed by atoms with van der Waals surface area (Å²) >= 11 is 0. The number of anilines is 1. The normalized spacial score (nSPS) is 26.2. The zero-order valence-corrected chi connectivity index (χ0v) is 11.4. The van der Waals surface area contributed by atoms with Gasteiger partial charge in [-0.25, -0.2) is 15.0 Å². The van der Waals surface area contributed by atoms with Crippen LogP contribution in [0, 0.1) is 0 Å². The lowest BCUT2D eigenvalue weighted by Gasteiger charge is -2.14. The van der Waals surface area contributed by atoms with E-state index < -0.39 is 6.10 Å². The molecule has 2 aromatic heterocycles. The number of rotatable bonds is 4. The van der Waals surface area contributed by atoms with Gasteiger partial charge in [-0.05, 0) is 0 Å². The number of hydrogen-bond donors (Lipinski definition) is 2. The molecule has 2 aromatic rings. The smallest absolute Gasteiger partial charge is 0.167 e. The van der Waals surface area contributed by atoms with E-state index in [1.807, 2.05) is 4.57 Å². The third-order valence-corrected chi connectivity index (χ3v) is 3.44. The van der Waals surface area contributed by atoms with Crippen molar-refractivity contribution in [3.05, 3.63) is 12.7 Å².